The summed E-state index contributed by atoms with van der Waals surface area (Å²) in [7, 11) is 1.55. The zero-order valence-corrected chi connectivity index (χ0v) is 15.2. The fourth-order valence-corrected chi connectivity index (χ4v) is 2.70. The lowest BCUT2D eigenvalue weighted by molar-refractivity contribution is -0.146. The summed E-state index contributed by atoms with van der Waals surface area (Å²) in [4.78, 5) is 34.5. The summed E-state index contributed by atoms with van der Waals surface area (Å²) in [6, 6.07) is 5.21. The van der Waals surface area contributed by atoms with Gasteiger partial charge in [-0.15, -0.1) is 11.8 Å². The maximum atomic E-state index is 11.6. The Morgan fingerprint density at radius 3 is 2.54 bits per heavy atom. The molecule has 132 valence electrons. The number of hydrogen-bond acceptors (Lipinski definition) is 6. The predicted molar refractivity (Wildman–Crippen MR) is 93.4 cm³/mol. The van der Waals surface area contributed by atoms with Crippen molar-refractivity contribution in [1.82, 2.24) is 5.32 Å². The van der Waals surface area contributed by atoms with Crippen molar-refractivity contribution in [2.75, 3.05) is 19.5 Å². The first-order chi connectivity index (χ1) is 11.3. The lowest BCUT2D eigenvalue weighted by Crippen LogP contribution is -2.34. The molecule has 0 saturated carbocycles. The molecule has 0 aliphatic carbocycles. The van der Waals surface area contributed by atoms with Crippen LogP contribution in [-0.2, 0) is 20.1 Å². The predicted octanol–water partition coefficient (Wildman–Crippen LogP) is 2.20. The van der Waals surface area contributed by atoms with Crippen molar-refractivity contribution in [2.45, 2.75) is 32.6 Å². The van der Waals surface area contributed by atoms with Crippen LogP contribution in [0.1, 0.15) is 36.7 Å². The molecule has 1 N–H and O–H groups in total. The lowest BCUT2D eigenvalue weighted by Gasteiger charge is -2.10. The summed E-state index contributed by atoms with van der Waals surface area (Å²) in [5, 5.41) is 2.64. The number of hydrogen-bond donors (Lipinski definition) is 1. The van der Waals surface area contributed by atoms with Gasteiger partial charge in [-0.25, -0.2) is 0 Å². The summed E-state index contributed by atoms with van der Waals surface area (Å²) in [5.41, 5.74) is 1.43. The molecule has 1 aromatic carbocycles. The number of carbonyl (C=O) groups is 3. The summed E-state index contributed by atoms with van der Waals surface area (Å²) >= 11 is 1.33. The Hall–Kier alpha value is -2.02. The third-order valence-corrected chi connectivity index (χ3v) is 3.93. The third-order valence-electron chi connectivity index (χ3n) is 2.98. The van der Waals surface area contributed by atoms with Crippen molar-refractivity contribution in [3.63, 3.8) is 0 Å². The Morgan fingerprint density at radius 2 is 1.96 bits per heavy atom. The largest absolute Gasteiger partial charge is 0.496 e. The second-order valence-corrected chi connectivity index (χ2v) is 6.44. The molecule has 24 heavy (non-hydrogen) atoms. The molecule has 1 rings (SSSR count). The van der Waals surface area contributed by atoms with Gasteiger partial charge < -0.3 is 14.8 Å². The van der Waals surface area contributed by atoms with E-state index < -0.39 is 5.97 Å². The van der Waals surface area contributed by atoms with Gasteiger partial charge in [0.1, 0.15) is 5.75 Å². The van der Waals surface area contributed by atoms with E-state index in [4.69, 9.17) is 9.47 Å². The molecule has 0 bridgehead atoms. The van der Waals surface area contributed by atoms with Gasteiger partial charge in [0, 0.05) is 22.9 Å². The van der Waals surface area contributed by atoms with Gasteiger partial charge in [0.15, 0.2) is 12.4 Å². The van der Waals surface area contributed by atoms with E-state index in [0.29, 0.717) is 17.1 Å². The number of amides is 1. The zero-order valence-electron chi connectivity index (χ0n) is 14.4. The van der Waals surface area contributed by atoms with E-state index in [2.05, 4.69) is 5.32 Å². The molecule has 1 amide bonds. The van der Waals surface area contributed by atoms with Crippen molar-refractivity contribution in [3.05, 3.63) is 29.3 Å². The standard InChI is InChI=1S/C17H23NO5S/c1-11(2)18-16(20)8-23-17(21)10-24-9-14-7-13(12(3)19)5-6-15(14)22-4/h5-7,11H,8-10H2,1-4H3,(H,18,20). The summed E-state index contributed by atoms with van der Waals surface area (Å²) in [6.45, 7) is 4.88. The normalized spacial score (nSPS) is 10.4. The topological polar surface area (TPSA) is 81.7 Å². The van der Waals surface area contributed by atoms with Gasteiger partial charge in [0.2, 0.25) is 0 Å². The highest BCUT2D eigenvalue weighted by atomic mass is 32.2. The van der Waals surface area contributed by atoms with Gasteiger partial charge in [0.05, 0.1) is 12.9 Å². The van der Waals surface area contributed by atoms with Crippen LogP contribution in [0.2, 0.25) is 0 Å². The van der Waals surface area contributed by atoms with E-state index in [1.54, 1.807) is 25.3 Å². The molecule has 1 aromatic rings. The molecule has 0 spiro atoms. The number of esters is 1. The molecule has 0 aliphatic heterocycles. The summed E-state index contributed by atoms with van der Waals surface area (Å²) in [6.07, 6.45) is 0. The van der Waals surface area contributed by atoms with Gasteiger partial charge in [-0.3, -0.25) is 14.4 Å². The number of carbonyl (C=O) groups excluding carboxylic acids is 3. The highest BCUT2D eigenvalue weighted by Gasteiger charge is 2.11. The second-order valence-electron chi connectivity index (χ2n) is 5.46. The number of ether oxygens (including phenoxy) is 2. The second kappa shape index (κ2) is 9.97. The third kappa shape index (κ3) is 7.04. The number of methoxy groups -OCH3 is 1. The highest BCUT2D eigenvalue weighted by Crippen LogP contribution is 2.24. The van der Waals surface area contributed by atoms with Crippen molar-refractivity contribution in [2.24, 2.45) is 0 Å². The minimum atomic E-state index is -0.458. The Labute approximate surface area is 146 Å². The van der Waals surface area contributed by atoms with Crippen LogP contribution in [0, 0.1) is 0 Å². The molecule has 0 fully saturated rings. The SMILES string of the molecule is COc1ccc(C(C)=O)cc1CSCC(=O)OCC(=O)NC(C)C. The molecule has 0 saturated heterocycles. The molecule has 6 nitrogen and oxygen atoms in total. The van der Waals surface area contributed by atoms with Crippen LogP contribution < -0.4 is 10.1 Å². The van der Waals surface area contributed by atoms with Crippen LogP contribution in [0.15, 0.2) is 18.2 Å². The van der Waals surface area contributed by atoms with Crippen LogP contribution >= 0.6 is 11.8 Å². The lowest BCUT2D eigenvalue weighted by atomic mass is 10.1. The average Bonchev–Trinajstić information content (AvgIpc) is 2.52. The number of rotatable bonds is 9. The maximum absolute atomic E-state index is 11.6. The van der Waals surface area contributed by atoms with Crippen molar-refractivity contribution in [1.29, 1.82) is 0 Å². The van der Waals surface area contributed by atoms with E-state index in [1.807, 2.05) is 13.8 Å². The smallest absolute Gasteiger partial charge is 0.316 e. The van der Waals surface area contributed by atoms with Gasteiger partial charge >= 0.3 is 5.97 Å². The van der Waals surface area contributed by atoms with E-state index in [1.165, 1.54) is 18.7 Å². The first-order valence-corrected chi connectivity index (χ1v) is 8.69. The molecule has 0 heterocycles. The number of benzene rings is 1. The van der Waals surface area contributed by atoms with Crippen LogP contribution in [0.3, 0.4) is 0 Å². The van der Waals surface area contributed by atoms with Crippen LogP contribution in [0.5, 0.6) is 5.75 Å². The monoisotopic (exact) mass is 353 g/mol. The van der Waals surface area contributed by atoms with E-state index in [-0.39, 0.29) is 30.1 Å². The quantitative estimate of drug-likeness (QED) is 0.541. The Morgan fingerprint density at radius 1 is 1.25 bits per heavy atom. The van der Waals surface area contributed by atoms with Crippen LogP contribution in [-0.4, -0.2) is 43.2 Å². The maximum Gasteiger partial charge on any atom is 0.316 e. The van der Waals surface area contributed by atoms with E-state index in [0.717, 1.165) is 5.56 Å². The van der Waals surface area contributed by atoms with Crippen LogP contribution in [0.4, 0.5) is 0 Å². The molecular weight excluding hydrogens is 330 g/mol. The van der Waals surface area contributed by atoms with Gasteiger partial charge in [-0.2, -0.15) is 0 Å². The Balaban J connectivity index is 2.46. The molecule has 0 atom stereocenters. The number of thioether (sulfide) groups is 1. The molecular formula is C17H23NO5S. The number of nitrogens with one attached hydrogen (secondary N) is 1. The van der Waals surface area contributed by atoms with Gasteiger partial charge in [-0.05, 0) is 39.0 Å². The van der Waals surface area contributed by atoms with Gasteiger partial charge in [0.25, 0.3) is 5.91 Å². The molecule has 7 heteroatoms. The van der Waals surface area contributed by atoms with Crippen molar-refractivity contribution < 1.29 is 23.9 Å². The van der Waals surface area contributed by atoms with Crippen molar-refractivity contribution >= 4 is 29.4 Å². The average molecular weight is 353 g/mol. The minimum Gasteiger partial charge on any atom is -0.496 e. The van der Waals surface area contributed by atoms with Gasteiger partial charge in [-0.1, -0.05) is 0 Å². The van der Waals surface area contributed by atoms with Crippen LogP contribution in [0.25, 0.3) is 0 Å². The molecule has 0 unspecified atom stereocenters. The van der Waals surface area contributed by atoms with Crippen molar-refractivity contribution in [3.8, 4) is 5.75 Å². The Bertz CT molecular complexity index is 601. The minimum absolute atomic E-state index is 0.00611. The fourth-order valence-electron chi connectivity index (χ4n) is 1.91. The summed E-state index contributed by atoms with van der Waals surface area (Å²) in [5.74, 6) is 0.469. The molecule has 0 aromatic heterocycles. The summed E-state index contributed by atoms with van der Waals surface area (Å²) < 4.78 is 10.2. The number of ketones is 1. The zero-order chi connectivity index (χ0) is 18.1. The van der Waals surface area contributed by atoms with E-state index in [9.17, 15) is 14.4 Å². The first-order valence-electron chi connectivity index (χ1n) is 7.54. The fraction of sp³-hybridized carbons (Fsp3) is 0.471. The first kappa shape index (κ1) is 20.0. The highest BCUT2D eigenvalue weighted by molar-refractivity contribution is 7.99. The van der Waals surface area contributed by atoms with E-state index >= 15 is 0 Å². The molecule has 0 radical (unpaired) electrons. The number of Topliss-reactive ketones (excluding diaryl/α,β-unsaturated/α-hetero) is 1. The Kier molecular flexibility index (Phi) is 8.32. The molecule has 0 aliphatic rings.